The SMILES string of the molecule is Cl.O=C(CC1COCCN1)NCCn1c(=O)[nH]c2ccccc21. The third-order valence-corrected chi connectivity index (χ3v) is 3.77. The summed E-state index contributed by atoms with van der Waals surface area (Å²) in [7, 11) is 0. The Morgan fingerprint density at radius 1 is 1.39 bits per heavy atom. The zero-order valence-corrected chi connectivity index (χ0v) is 13.5. The lowest BCUT2D eigenvalue weighted by molar-refractivity contribution is -0.122. The minimum Gasteiger partial charge on any atom is -0.378 e. The number of rotatable bonds is 5. The number of amides is 1. The quantitative estimate of drug-likeness (QED) is 0.728. The number of H-pyrrole nitrogens is 1. The second-order valence-electron chi connectivity index (χ2n) is 5.38. The van der Waals surface area contributed by atoms with Crippen molar-refractivity contribution in [3.63, 3.8) is 0 Å². The highest BCUT2D eigenvalue weighted by molar-refractivity contribution is 5.85. The Bertz CT molecular complexity index is 706. The summed E-state index contributed by atoms with van der Waals surface area (Å²) in [5.74, 6) is -0.0316. The molecule has 1 saturated heterocycles. The number of para-hydroxylation sites is 2. The minimum atomic E-state index is -0.155. The second kappa shape index (κ2) is 8.14. The van der Waals surface area contributed by atoms with Gasteiger partial charge in [0.2, 0.25) is 5.91 Å². The molecule has 0 aliphatic carbocycles. The topological polar surface area (TPSA) is 88.2 Å². The van der Waals surface area contributed by atoms with E-state index in [4.69, 9.17) is 4.74 Å². The first-order valence-electron chi connectivity index (χ1n) is 7.49. The molecule has 1 amide bonds. The number of imidazole rings is 1. The average molecular weight is 341 g/mol. The molecule has 2 heterocycles. The summed E-state index contributed by atoms with van der Waals surface area (Å²) < 4.78 is 6.95. The zero-order valence-electron chi connectivity index (χ0n) is 12.7. The van der Waals surface area contributed by atoms with E-state index in [1.807, 2.05) is 24.3 Å². The molecule has 8 heteroatoms. The number of hydrogen-bond donors (Lipinski definition) is 3. The summed E-state index contributed by atoms with van der Waals surface area (Å²) in [5, 5.41) is 6.09. The van der Waals surface area contributed by atoms with Gasteiger partial charge < -0.3 is 20.4 Å². The van der Waals surface area contributed by atoms with Gasteiger partial charge in [0.15, 0.2) is 0 Å². The van der Waals surface area contributed by atoms with Gasteiger partial charge in [0.25, 0.3) is 0 Å². The van der Waals surface area contributed by atoms with Crippen LogP contribution in [-0.4, -0.2) is 47.8 Å². The Morgan fingerprint density at radius 2 is 2.22 bits per heavy atom. The van der Waals surface area contributed by atoms with Crippen molar-refractivity contribution in [1.29, 1.82) is 0 Å². The Labute approximate surface area is 139 Å². The second-order valence-corrected chi connectivity index (χ2v) is 5.38. The molecule has 1 unspecified atom stereocenters. The number of fused-ring (bicyclic) bond motifs is 1. The number of aromatic nitrogens is 2. The summed E-state index contributed by atoms with van der Waals surface area (Å²) in [6.45, 7) is 2.91. The predicted octanol–water partition coefficient (Wildman–Crippen LogP) is 0.246. The molecule has 1 fully saturated rings. The summed E-state index contributed by atoms with van der Waals surface area (Å²) in [6.07, 6.45) is 0.392. The first-order chi connectivity index (χ1) is 10.7. The lowest BCUT2D eigenvalue weighted by Gasteiger charge is -2.23. The van der Waals surface area contributed by atoms with Crippen molar-refractivity contribution in [1.82, 2.24) is 20.2 Å². The number of halogens is 1. The molecule has 126 valence electrons. The fraction of sp³-hybridized carbons (Fsp3) is 0.467. The van der Waals surface area contributed by atoms with Gasteiger partial charge in [-0.15, -0.1) is 12.4 Å². The van der Waals surface area contributed by atoms with Crippen molar-refractivity contribution < 1.29 is 9.53 Å². The van der Waals surface area contributed by atoms with Gasteiger partial charge in [-0.3, -0.25) is 9.36 Å². The van der Waals surface area contributed by atoms with Gasteiger partial charge in [0.1, 0.15) is 0 Å². The molecule has 1 aromatic heterocycles. The number of carbonyl (C=O) groups excluding carboxylic acids is 1. The molecular formula is C15H21ClN4O3. The Morgan fingerprint density at radius 3 is 3.00 bits per heavy atom. The number of hydrogen-bond acceptors (Lipinski definition) is 4. The van der Waals surface area contributed by atoms with Gasteiger partial charge >= 0.3 is 5.69 Å². The molecule has 0 bridgehead atoms. The first-order valence-corrected chi connectivity index (χ1v) is 7.49. The number of nitrogens with one attached hydrogen (secondary N) is 3. The maximum absolute atomic E-state index is 11.9. The van der Waals surface area contributed by atoms with Crippen LogP contribution in [0.5, 0.6) is 0 Å². The molecule has 3 N–H and O–H groups in total. The first kappa shape index (κ1) is 17.5. The van der Waals surface area contributed by atoms with Gasteiger partial charge in [0, 0.05) is 32.1 Å². The van der Waals surface area contributed by atoms with Gasteiger partial charge in [-0.05, 0) is 12.1 Å². The highest BCUT2D eigenvalue weighted by atomic mass is 35.5. The number of carbonyl (C=O) groups is 1. The van der Waals surface area contributed by atoms with Gasteiger partial charge in [0.05, 0.1) is 24.2 Å². The highest BCUT2D eigenvalue weighted by Crippen LogP contribution is 2.08. The summed E-state index contributed by atoms with van der Waals surface area (Å²) >= 11 is 0. The average Bonchev–Trinajstić information content (AvgIpc) is 2.84. The summed E-state index contributed by atoms with van der Waals surface area (Å²) in [4.78, 5) is 26.6. The van der Waals surface area contributed by atoms with E-state index >= 15 is 0 Å². The van der Waals surface area contributed by atoms with Crippen molar-refractivity contribution >= 4 is 29.3 Å². The third kappa shape index (κ3) is 4.34. The van der Waals surface area contributed by atoms with E-state index in [-0.39, 0.29) is 30.0 Å². The van der Waals surface area contributed by atoms with Crippen LogP contribution in [-0.2, 0) is 16.1 Å². The zero-order chi connectivity index (χ0) is 15.4. The van der Waals surface area contributed by atoms with E-state index in [0.717, 1.165) is 17.6 Å². The highest BCUT2D eigenvalue weighted by Gasteiger charge is 2.16. The lowest BCUT2D eigenvalue weighted by atomic mass is 10.2. The largest absolute Gasteiger partial charge is 0.378 e. The Hall–Kier alpha value is -1.83. The fourth-order valence-electron chi connectivity index (χ4n) is 2.68. The molecule has 1 aliphatic rings. The Balaban J connectivity index is 0.00000192. The van der Waals surface area contributed by atoms with Crippen molar-refractivity contribution in [2.24, 2.45) is 0 Å². The number of morpholine rings is 1. The summed E-state index contributed by atoms with van der Waals surface area (Å²) in [5.41, 5.74) is 1.50. The normalized spacial score (nSPS) is 17.7. The van der Waals surface area contributed by atoms with Gasteiger partial charge in [-0.1, -0.05) is 12.1 Å². The molecule has 3 rings (SSSR count). The van der Waals surface area contributed by atoms with E-state index < -0.39 is 0 Å². The molecule has 7 nitrogen and oxygen atoms in total. The predicted molar refractivity (Wildman–Crippen MR) is 90.0 cm³/mol. The fourth-order valence-corrected chi connectivity index (χ4v) is 2.68. The monoisotopic (exact) mass is 340 g/mol. The minimum absolute atomic E-state index is 0. The molecule has 2 aromatic rings. The molecule has 0 saturated carbocycles. The standard InChI is InChI=1S/C15H20N4O3.ClH/c20-14(9-11-10-22-8-6-16-11)17-5-7-19-13-4-2-1-3-12(13)18-15(19)21;/h1-4,11,16H,5-10H2,(H,17,20)(H,18,21);1H. The van der Waals surface area contributed by atoms with Crippen LogP contribution in [0.2, 0.25) is 0 Å². The molecule has 1 aromatic carbocycles. The molecule has 1 aliphatic heterocycles. The van der Waals surface area contributed by atoms with E-state index in [2.05, 4.69) is 15.6 Å². The van der Waals surface area contributed by atoms with Crippen LogP contribution in [0.25, 0.3) is 11.0 Å². The molecule has 1 atom stereocenters. The van der Waals surface area contributed by atoms with Crippen LogP contribution in [0.3, 0.4) is 0 Å². The smallest absolute Gasteiger partial charge is 0.326 e. The van der Waals surface area contributed by atoms with Crippen molar-refractivity contribution in [2.45, 2.75) is 19.0 Å². The van der Waals surface area contributed by atoms with Crippen LogP contribution in [0, 0.1) is 0 Å². The van der Waals surface area contributed by atoms with Crippen LogP contribution < -0.4 is 16.3 Å². The van der Waals surface area contributed by atoms with Crippen LogP contribution in [0.15, 0.2) is 29.1 Å². The third-order valence-electron chi connectivity index (χ3n) is 3.77. The molecule has 0 radical (unpaired) electrons. The van der Waals surface area contributed by atoms with E-state index in [1.165, 1.54) is 0 Å². The Kier molecular flexibility index (Phi) is 6.20. The maximum atomic E-state index is 11.9. The lowest BCUT2D eigenvalue weighted by Crippen LogP contribution is -2.44. The van der Waals surface area contributed by atoms with E-state index in [9.17, 15) is 9.59 Å². The number of benzene rings is 1. The van der Waals surface area contributed by atoms with Crippen LogP contribution in [0.4, 0.5) is 0 Å². The van der Waals surface area contributed by atoms with Crippen molar-refractivity contribution in [2.75, 3.05) is 26.3 Å². The van der Waals surface area contributed by atoms with E-state index in [1.54, 1.807) is 4.57 Å². The molecule has 0 spiro atoms. The summed E-state index contributed by atoms with van der Waals surface area (Å²) in [6, 6.07) is 7.59. The van der Waals surface area contributed by atoms with Crippen molar-refractivity contribution in [3.05, 3.63) is 34.7 Å². The van der Waals surface area contributed by atoms with Gasteiger partial charge in [-0.2, -0.15) is 0 Å². The van der Waals surface area contributed by atoms with Crippen molar-refractivity contribution in [3.8, 4) is 0 Å². The van der Waals surface area contributed by atoms with E-state index in [0.29, 0.717) is 32.7 Å². The molecule has 23 heavy (non-hydrogen) atoms. The number of ether oxygens (including phenoxy) is 1. The molecular weight excluding hydrogens is 320 g/mol. The van der Waals surface area contributed by atoms with Gasteiger partial charge in [-0.25, -0.2) is 4.79 Å². The number of aromatic amines is 1. The van der Waals surface area contributed by atoms with Crippen LogP contribution >= 0.6 is 12.4 Å². The van der Waals surface area contributed by atoms with Crippen LogP contribution in [0.1, 0.15) is 6.42 Å². The number of nitrogens with zero attached hydrogens (tertiary/aromatic N) is 1. The maximum Gasteiger partial charge on any atom is 0.326 e.